The van der Waals surface area contributed by atoms with E-state index >= 15 is 0 Å². The van der Waals surface area contributed by atoms with Crippen LogP contribution in [-0.4, -0.2) is 36.3 Å². The van der Waals surface area contributed by atoms with Gasteiger partial charge in [-0.25, -0.2) is 0 Å². The molecule has 0 radical (unpaired) electrons. The number of tetrazole rings is 1. The van der Waals surface area contributed by atoms with Crippen molar-refractivity contribution in [1.29, 1.82) is 0 Å². The van der Waals surface area contributed by atoms with Gasteiger partial charge in [0.2, 0.25) is 11.1 Å². The van der Waals surface area contributed by atoms with Gasteiger partial charge in [-0.1, -0.05) is 41.6 Å². The standard InChI is InChI=1S/C17H16N6O3S/c1-11-7-9-13(10-8-11)22-17(19-20-21-22)27-12(2)16(24)18-14-5-3-4-6-15(14)23(25)26/h3-10,12H,1-2H3,(H,18,24). The lowest BCUT2D eigenvalue weighted by Crippen LogP contribution is -2.23. The Morgan fingerprint density at radius 3 is 2.63 bits per heavy atom. The fraction of sp³-hybridized carbons (Fsp3) is 0.176. The van der Waals surface area contributed by atoms with Gasteiger partial charge in [-0.15, -0.1) is 5.10 Å². The normalized spacial score (nSPS) is 11.8. The number of amides is 1. The second-order valence-electron chi connectivity index (χ2n) is 5.73. The fourth-order valence-electron chi connectivity index (χ4n) is 2.28. The first-order chi connectivity index (χ1) is 13.0. The number of para-hydroxylation sites is 2. The van der Waals surface area contributed by atoms with Crippen LogP contribution in [0.25, 0.3) is 5.69 Å². The maximum atomic E-state index is 12.5. The summed E-state index contributed by atoms with van der Waals surface area (Å²) in [6.45, 7) is 3.66. The molecule has 1 amide bonds. The molecule has 0 saturated heterocycles. The van der Waals surface area contributed by atoms with E-state index in [1.807, 2.05) is 31.2 Å². The van der Waals surface area contributed by atoms with Crippen LogP contribution in [0, 0.1) is 17.0 Å². The number of nitro benzene ring substituents is 1. The van der Waals surface area contributed by atoms with Crippen molar-refractivity contribution in [2.45, 2.75) is 24.3 Å². The summed E-state index contributed by atoms with van der Waals surface area (Å²) in [5, 5.41) is 25.2. The molecule has 0 saturated carbocycles. The van der Waals surface area contributed by atoms with E-state index in [0.29, 0.717) is 5.16 Å². The average Bonchev–Trinajstić information content (AvgIpc) is 3.10. The topological polar surface area (TPSA) is 116 Å². The van der Waals surface area contributed by atoms with Gasteiger partial charge in [-0.2, -0.15) is 4.68 Å². The van der Waals surface area contributed by atoms with Crippen LogP contribution in [0.4, 0.5) is 11.4 Å². The SMILES string of the molecule is Cc1ccc(-n2nnnc2SC(C)C(=O)Nc2ccccc2[N+](=O)[O-])cc1. The van der Waals surface area contributed by atoms with E-state index < -0.39 is 10.2 Å². The maximum Gasteiger partial charge on any atom is 0.292 e. The molecule has 0 spiro atoms. The monoisotopic (exact) mass is 384 g/mol. The van der Waals surface area contributed by atoms with Crippen LogP contribution in [0.3, 0.4) is 0 Å². The highest BCUT2D eigenvalue weighted by Crippen LogP contribution is 2.27. The van der Waals surface area contributed by atoms with Crippen molar-refractivity contribution in [3.63, 3.8) is 0 Å². The lowest BCUT2D eigenvalue weighted by Gasteiger charge is -2.12. The van der Waals surface area contributed by atoms with Crippen LogP contribution < -0.4 is 5.32 Å². The van der Waals surface area contributed by atoms with E-state index in [9.17, 15) is 14.9 Å². The van der Waals surface area contributed by atoms with E-state index in [1.165, 1.54) is 12.1 Å². The van der Waals surface area contributed by atoms with Gasteiger partial charge in [0.05, 0.1) is 15.9 Å². The summed E-state index contributed by atoms with van der Waals surface area (Å²) in [5.74, 6) is -0.382. The number of benzene rings is 2. The van der Waals surface area contributed by atoms with Crippen molar-refractivity contribution >= 4 is 29.0 Å². The first-order valence-electron chi connectivity index (χ1n) is 8.02. The van der Waals surface area contributed by atoms with E-state index in [-0.39, 0.29) is 17.3 Å². The molecule has 1 unspecified atom stereocenters. The van der Waals surface area contributed by atoms with E-state index in [4.69, 9.17) is 0 Å². The van der Waals surface area contributed by atoms with Crippen molar-refractivity contribution in [3.8, 4) is 5.69 Å². The maximum absolute atomic E-state index is 12.5. The smallest absolute Gasteiger partial charge is 0.292 e. The quantitative estimate of drug-likeness (QED) is 0.394. The summed E-state index contributed by atoms with van der Waals surface area (Å²) >= 11 is 1.16. The zero-order chi connectivity index (χ0) is 19.4. The van der Waals surface area contributed by atoms with Crippen LogP contribution in [0.5, 0.6) is 0 Å². The molecule has 3 aromatic rings. The summed E-state index contributed by atoms with van der Waals surface area (Å²) < 4.78 is 1.54. The third-order valence-electron chi connectivity index (χ3n) is 3.73. The number of aromatic nitrogens is 4. The molecule has 2 aromatic carbocycles. The minimum Gasteiger partial charge on any atom is -0.319 e. The minimum atomic E-state index is -0.569. The van der Waals surface area contributed by atoms with Crippen molar-refractivity contribution in [2.24, 2.45) is 0 Å². The third kappa shape index (κ3) is 4.29. The van der Waals surface area contributed by atoms with Gasteiger partial charge in [0.15, 0.2) is 0 Å². The molecule has 1 aromatic heterocycles. The largest absolute Gasteiger partial charge is 0.319 e. The Morgan fingerprint density at radius 1 is 1.22 bits per heavy atom. The van der Waals surface area contributed by atoms with Crippen LogP contribution in [0.1, 0.15) is 12.5 Å². The second-order valence-corrected chi connectivity index (χ2v) is 7.04. The van der Waals surface area contributed by atoms with E-state index in [2.05, 4.69) is 20.8 Å². The number of nitrogens with one attached hydrogen (secondary N) is 1. The predicted molar refractivity (Wildman–Crippen MR) is 101 cm³/mol. The van der Waals surface area contributed by atoms with Crippen molar-refractivity contribution < 1.29 is 9.72 Å². The summed E-state index contributed by atoms with van der Waals surface area (Å²) in [4.78, 5) is 23.0. The molecule has 138 valence electrons. The molecule has 0 aliphatic carbocycles. The first-order valence-corrected chi connectivity index (χ1v) is 8.90. The van der Waals surface area contributed by atoms with E-state index in [1.54, 1.807) is 23.7 Å². The first kappa shape index (κ1) is 18.5. The molecule has 1 heterocycles. The second kappa shape index (κ2) is 7.96. The third-order valence-corrected chi connectivity index (χ3v) is 4.76. The zero-order valence-electron chi connectivity index (χ0n) is 14.6. The van der Waals surface area contributed by atoms with Gasteiger partial charge in [0.25, 0.3) is 5.69 Å². The number of carbonyl (C=O) groups is 1. The Morgan fingerprint density at radius 2 is 1.93 bits per heavy atom. The van der Waals surface area contributed by atoms with Gasteiger partial charge >= 0.3 is 0 Å². The Hall–Kier alpha value is -3.27. The molecule has 0 aliphatic rings. The lowest BCUT2D eigenvalue weighted by atomic mass is 10.2. The van der Waals surface area contributed by atoms with Crippen molar-refractivity contribution in [1.82, 2.24) is 20.2 Å². The summed E-state index contributed by atoms with van der Waals surface area (Å²) in [5.41, 5.74) is 1.88. The van der Waals surface area contributed by atoms with Crippen molar-refractivity contribution in [3.05, 3.63) is 64.2 Å². The van der Waals surface area contributed by atoms with Gasteiger partial charge in [0.1, 0.15) is 5.69 Å². The number of nitro groups is 1. The number of hydrogen-bond donors (Lipinski definition) is 1. The molecule has 0 bridgehead atoms. The Labute approximate surface area is 158 Å². The molecular weight excluding hydrogens is 368 g/mol. The minimum absolute atomic E-state index is 0.151. The molecular formula is C17H16N6O3S. The van der Waals surface area contributed by atoms with Gasteiger partial charge in [0, 0.05) is 6.07 Å². The van der Waals surface area contributed by atoms with Crippen LogP contribution in [-0.2, 0) is 4.79 Å². The molecule has 1 atom stereocenters. The van der Waals surface area contributed by atoms with Gasteiger partial charge in [-0.05, 0) is 42.5 Å². The number of carbonyl (C=O) groups excluding carboxylic acids is 1. The Kier molecular flexibility index (Phi) is 5.46. The van der Waals surface area contributed by atoms with E-state index in [0.717, 1.165) is 23.0 Å². The highest BCUT2D eigenvalue weighted by Gasteiger charge is 2.22. The summed E-state index contributed by atoms with van der Waals surface area (Å²) in [6.07, 6.45) is 0. The predicted octanol–water partition coefficient (Wildman–Crippen LogP) is 3.00. The van der Waals surface area contributed by atoms with Crippen LogP contribution >= 0.6 is 11.8 Å². The summed E-state index contributed by atoms with van der Waals surface area (Å²) in [7, 11) is 0. The molecule has 27 heavy (non-hydrogen) atoms. The summed E-state index contributed by atoms with van der Waals surface area (Å²) in [6, 6.07) is 13.6. The number of rotatable bonds is 6. The molecule has 0 aliphatic heterocycles. The highest BCUT2D eigenvalue weighted by molar-refractivity contribution is 8.00. The fourth-order valence-corrected chi connectivity index (χ4v) is 3.09. The van der Waals surface area contributed by atoms with Crippen LogP contribution in [0.2, 0.25) is 0 Å². The molecule has 10 heteroatoms. The highest BCUT2D eigenvalue weighted by atomic mass is 32.2. The molecule has 0 fully saturated rings. The molecule has 1 N–H and O–H groups in total. The number of aryl methyl sites for hydroxylation is 1. The van der Waals surface area contributed by atoms with Crippen molar-refractivity contribution in [2.75, 3.05) is 5.32 Å². The van der Waals surface area contributed by atoms with Crippen LogP contribution in [0.15, 0.2) is 53.7 Å². The Balaban J connectivity index is 1.74. The number of hydrogen-bond acceptors (Lipinski definition) is 7. The van der Waals surface area contributed by atoms with Gasteiger partial charge < -0.3 is 5.32 Å². The Bertz CT molecular complexity index is 973. The lowest BCUT2D eigenvalue weighted by molar-refractivity contribution is -0.383. The molecule has 9 nitrogen and oxygen atoms in total. The number of thioether (sulfide) groups is 1. The molecule has 3 rings (SSSR count). The number of nitrogens with zero attached hydrogens (tertiary/aromatic N) is 5. The zero-order valence-corrected chi connectivity index (χ0v) is 15.4. The average molecular weight is 384 g/mol. The van der Waals surface area contributed by atoms with Gasteiger partial charge in [-0.3, -0.25) is 14.9 Å². The number of anilines is 1.